The van der Waals surface area contributed by atoms with Gasteiger partial charge in [-0.2, -0.15) is 0 Å². The molecular formula is C21H26N4O3. The van der Waals surface area contributed by atoms with Gasteiger partial charge in [0, 0.05) is 31.7 Å². The molecule has 2 aromatic rings. The van der Waals surface area contributed by atoms with Crippen LogP contribution in [0.25, 0.3) is 0 Å². The second-order valence-electron chi connectivity index (χ2n) is 7.07. The molecule has 0 aromatic heterocycles. The zero-order valence-corrected chi connectivity index (χ0v) is 16.0. The largest absolute Gasteiger partial charge is 0.457 e. The molecular weight excluding hydrogens is 356 g/mol. The number of primary amides is 1. The lowest BCUT2D eigenvalue weighted by Gasteiger charge is -2.33. The third kappa shape index (κ3) is 5.09. The second kappa shape index (κ2) is 8.86. The Morgan fingerprint density at radius 3 is 2.04 bits per heavy atom. The monoisotopic (exact) mass is 382 g/mol. The maximum Gasteiger partial charge on any atom is 0.248 e. The normalized spacial score (nSPS) is 15.9. The highest BCUT2D eigenvalue weighted by Crippen LogP contribution is 2.22. The van der Waals surface area contributed by atoms with Gasteiger partial charge in [0.15, 0.2) is 0 Å². The fourth-order valence-electron chi connectivity index (χ4n) is 3.12. The third-order valence-electron chi connectivity index (χ3n) is 4.89. The molecule has 0 saturated carbocycles. The summed E-state index contributed by atoms with van der Waals surface area (Å²) in [5, 5.41) is 0. The molecule has 3 rings (SSSR count). The first-order chi connectivity index (χ1) is 13.4. The first-order valence-electron chi connectivity index (χ1n) is 9.32. The molecule has 1 aliphatic heterocycles. The summed E-state index contributed by atoms with van der Waals surface area (Å²) in [5.41, 5.74) is 12.8. The van der Waals surface area contributed by atoms with E-state index in [-0.39, 0.29) is 5.91 Å². The number of hydrogen-bond donors (Lipinski definition) is 2. The Kier molecular flexibility index (Phi) is 6.28. The number of ether oxygens (including phenoxy) is 1. The average Bonchev–Trinajstić information content (AvgIpc) is 2.70. The van der Waals surface area contributed by atoms with Crippen molar-refractivity contribution in [3.63, 3.8) is 0 Å². The smallest absolute Gasteiger partial charge is 0.248 e. The minimum atomic E-state index is -0.545. The summed E-state index contributed by atoms with van der Waals surface area (Å²) in [5.74, 6) is 0.801. The zero-order chi connectivity index (χ0) is 20.1. The van der Waals surface area contributed by atoms with Gasteiger partial charge in [-0.15, -0.1) is 0 Å². The summed E-state index contributed by atoms with van der Waals surface area (Å²) in [4.78, 5) is 27.7. The summed E-state index contributed by atoms with van der Waals surface area (Å²) in [7, 11) is 2.05. The van der Waals surface area contributed by atoms with Crippen molar-refractivity contribution in [2.45, 2.75) is 12.5 Å². The van der Waals surface area contributed by atoms with Crippen molar-refractivity contribution in [1.82, 2.24) is 9.80 Å². The van der Waals surface area contributed by atoms with Crippen LogP contribution in [0.3, 0.4) is 0 Å². The molecule has 1 saturated heterocycles. The van der Waals surface area contributed by atoms with Crippen LogP contribution in [-0.2, 0) is 11.2 Å². The van der Waals surface area contributed by atoms with E-state index in [1.807, 2.05) is 29.2 Å². The van der Waals surface area contributed by atoms with Crippen molar-refractivity contribution in [2.75, 3.05) is 33.2 Å². The minimum absolute atomic E-state index is 0.00275. The molecule has 1 heterocycles. The molecule has 0 spiro atoms. The molecule has 0 bridgehead atoms. The average molecular weight is 382 g/mol. The Hall–Kier alpha value is -2.90. The Labute approximate surface area is 164 Å². The van der Waals surface area contributed by atoms with Crippen LogP contribution < -0.4 is 16.2 Å². The quantitative estimate of drug-likeness (QED) is 0.782. The van der Waals surface area contributed by atoms with Crippen LogP contribution in [0.15, 0.2) is 48.5 Å². The van der Waals surface area contributed by atoms with Gasteiger partial charge in [0.05, 0.1) is 6.04 Å². The van der Waals surface area contributed by atoms with E-state index < -0.39 is 11.9 Å². The maximum absolute atomic E-state index is 12.5. The van der Waals surface area contributed by atoms with Gasteiger partial charge < -0.3 is 26.0 Å². The third-order valence-corrected chi connectivity index (χ3v) is 4.89. The van der Waals surface area contributed by atoms with Crippen molar-refractivity contribution in [2.24, 2.45) is 11.5 Å². The van der Waals surface area contributed by atoms with Gasteiger partial charge in [-0.25, -0.2) is 0 Å². The Balaban J connectivity index is 1.55. The number of amides is 2. The lowest BCUT2D eigenvalue weighted by Crippen LogP contribution is -2.52. The summed E-state index contributed by atoms with van der Waals surface area (Å²) < 4.78 is 5.76. The van der Waals surface area contributed by atoms with E-state index in [4.69, 9.17) is 16.2 Å². The number of benzene rings is 2. The van der Waals surface area contributed by atoms with Crippen LogP contribution in [0.2, 0.25) is 0 Å². The Morgan fingerprint density at radius 2 is 1.50 bits per heavy atom. The molecule has 4 N–H and O–H groups in total. The molecule has 1 fully saturated rings. The highest BCUT2D eigenvalue weighted by molar-refractivity contribution is 5.92. The second-order valence-corrected chi connectivity index (χ2v) is 7.07. The van der Waals surface area contributed by atoms with Gasteiger partial charge in [0.25, 0.3) is 0 Å². The predicted octanol–water partition coefficient (Wildman–Crippen LogP) is 1.22. The van der Waals surface area contributed by atoms with Crippen LogP contribution in [-0.4, -0.2) is 60.9 Å². The first kappa shape index (κ1) is 19.9. The molecule has 2 aromatic carbocycles. The SMILES string of the molecule is CN1CCN(C(=O)C(N)Cc2ccc(Oc3ccc(C(N)=O)cc3)cc2)CC1. The summed E-state index contributed by atoms with van der Waals surface area (Å²) in [6.45, 7) is 3.21. The van der Waals surface area contributed by atoms with Crippen molar-refractivity contribution in [1.29, 1.82) is 0 Å². The van der Waals surface area contributed by atoms with Crippen LogP contribution in [0.4, 0.5) is 0 Å². The van der Waals surface area contributed by atoms with E-state index >= 15 is 0 Å². The molecule has 0 radical (unpaired) electrons. The lowest BCUT2D eigenvalue weighted by molar-refractivity contribution is -0.134. The molecule has 2 amide bonds. The predicted molar refractivity (Wildman–Crippen MR) is 107 cm³/mol. The van der Waals surface area contributed by atoms with Crippen LogP contribution in [0.1, 0.15) is 15.9 Å². The van der Waals surface area contributed by atoms with Crippen LogP contribution in [0, 0.1) is 0 Å². The minimum Gasteiger partial charge on any atom is -0.457 e. The standard InChI is InChI=1S/C21H26N4O3/c1-24-10-12-25(13-11-24)21(27)19(22)14-15-2-6-17(7-3-15)28-18-8-4-16(5-9-18)20(23)26/h2-9,19H,10-14,22H2,1H3,(H2,23,26). The van der Waals surface area contributed by atoms with E-state index in [9.17, 15) is 9.59 Å². The van der Waals surface area contributed by atoms with E-state index in [1.54, 1.807) is 24.3 Å². The molecule has 7 nitrogen and oxygen atoms in total. The Bertz CT molecular complexity index is 813. The number of piperazine rings is 1. The topological polar surface area (TPSA) is 102 Å². The summed E-state index contributed by atoms with van der Waals surface area (Å²) in [6.07, 6.45) is 0.485. The summed E-state index contributed by atoms with van der Waals surface area (Å²) >= 11 is 0. The van der Waals surface area contributed by atoms with Gasteiger partial charge in [-0.05, 0) is 55.4 Å². The number of likely N-dealkylation sites (N-methyl/N-ethyl adjacent to an activating group) is 1. The zero-order valence-electron chi connectivity index (χ0n) is 16.0. The first-order valence-corrected chi connectivity index (χ1v) is 9.32. The highest BCUT2D eigenvalue weighted by Gasteiger charge is 2.24. The molecule has 1 unspecified atom stereocenters. The fourth-order valence-corrected chi connectivity index (χ4v) is 3.12. The van der Waals surface area contributed by atoms with Gasteiger partial charge in [-0.1, -0.05) is 12.1 Å². The molecule has 1 aliphatic rings. The summed E-state index contributed by atoms with van der Waals surface area (Å²) in [6, 6.07) is 13.6. The molecule has 7 heteroatoms. The Morgan fingerprint density at radius 1 is 0.964 bits per heavy atom. The van der Waals surface area contributed by atoms with Crippen molar-refractivity contribution >= 4 is 11.8 Å². The lowest BCUT2D eigenvalue weighted by atomic mass is 10.0. The van der Waals surface area contributed by atoms with Crippen molar-refractivity contribution in [3.8, 4) is 11.5 Å². The number of nitrogens with two attached hydrogens (primary N) is 2. The van der Waals surface area contributed by atoms with E-state index in [2.05, 4.69) is 11.9 Å². The van der Waals surface area contributed by atoms with Crippen molar-refractivity contribution < 1.29 is 14.3 Å². The van der Waals surface area contributed by atoms with E-state index in [1.165, 1.54) is 0 Å². The molecule has 1 atom stereocenters. The molecule has 148 valence electrons. The molecule has 0 aliphatic carbocycles. The number of rotatable bonds is 6. The van der Waals surface area contributed by atoms with Crippen LogP contribution in [0.5, 0.6) is 11.5 Å². The molecule has 28 heavy (non-hydrogen) atoms. The van der Waals surface area contributed by atoms with Gasteiger partial charge in [0.1, 0.15) is 11.5 Å². The number of nitrogens with zero attached hydrogens (tertiary/aromatic N) is 2. The maximum atomic E-state index is 12.5. The van der Waals surface area contributed by atoms with Gasteiger partial charge in [-0.3, -0.25) is 9.59 Å². The number of hydrogen-bond acceptors (Lipinski definition) is 5. The van der Waals surface area contributed by atoms with E-state index in [0.29, 0.717) is 23.5 Å². The van der Waals surface area contributed by atoms with Gasteiger partial charge >= 0.3 is 0 Å². The van der Waals surface area contributed by atoms with Crippen molar-refractivity contribution in [3.05, 3.63) is 59.7 Å². The van der Waals surface area contributed by atoms with E-state index in [0.717, 1.165) is 31.7 Å². The number of carbonyl (C=O) groups is 2. The number of carbonyl (C=O) groups excluding carboxylic acids is 2. The van der Waals surface area contributed by atoms with Gasteiger partial charge in [0.2, 0.25) is 11.8 Å². The fraction of sp³-hybridized carbons (Fsp3) is 0.333. The highest BCUT2D eigenvalue weighted by atomic mass is 16.5. The van der Waals surface area contributed by atoms with Crippen LogP contribution >= 0.6 is 0 Å².